The Morgan fingerprint density at radius 1 is 1.62 bits per heavy atom. The van der Waals surface area contributed by atoms with E-state index in [1.54, 1.807) is 11.8 Å². The van der Waals surface area contributed by atoms with Crippen molar-refractivity contribution in [2.24, 2.45) is 0 Å². The van der Waals surface area contributed by atoms with E-state index in [9.17, 15) is 4.79 Å². The average Bonchev–Trinajstić information content (AvgIpc) is 2.61. The zero-order chi connectivity index (χ0) is 12.1. The molecule has 5 nitrogen and oxygen atoms in total. The van der Waals surface area contributed by atoms with Gasteiger partial charge in [0.25, 0.3) is 5.91 Å². The van der Waals surface area contributed by atoms with Crippen LogP contribution in [0.4, 0.5) is 10.9 Å². The van der Waals surface area contributed by atoms with E-state index in [1.165, 1.54) is 11.3 Å². The number of nitrogens with zero attached hydrogens (tertiary/aromatic N) is 2. The van der Waals surface area contributed by atoms with Gasteiger partial charge in [-0.05, 0) is 6.26 Å². The van der Waals surface area contributed by atoms with Crippen LogP contribution in [0.5, 0.6) is 0 Å². The maximum absolute atomic E-state index is 11.7. The summed E-state index contributed by atoms with van der Waals surface area (Å²) in [4.78, 5) is 18.2. The third-order valence-electron chi connectivity index (χ3n) is 1.82. The molecule has 0 aliphatic carbocycles. The Hall–Kier alpha value is -0.950. The molecule has 3 N–H and O–H groups in total. The van der Waals surface area contributed by atoms with E-state index in [2.05, 4.69) is 10.3 Å². The van der Waals surface area contributed by atoms with E-state index in [0.717, 1.165) is 10.9 Å². The van der Waals surface area contributed by atoms with Crippen LogP contribution in [0.15, 0.2) is 0 Å². The quantitative estimate of drug-likeness (QED) is 0.769. The number of aromatic nitrogens is 1. The van der Waals surface area contributed by atoms with E-state index in [1.807, 2.05) is 25.3 Å². The number of carbonyl (C=O) groups is 1. The molecule has 1 amide bonds. The van der Waals surface area contributed by atoms with Crippen molar-refractivity contribution >= 4 is 40.0 Å². The van der Waals surface area contributed by atoms with Crippen LogP contribution >= 0.6 is 23.1 Å². The summed E-state index contributed by atoms with van der Waals surface area (Å²) in [6, 6.07) is 0. The van der Waals surface area contributed by atoms with Crippen molar-refractivity contribution in [3.8, 4) is 0 Å². The lowest BCUT2D eigenvalue weighted by Gasteiger charge is -2.05. The molecule has 0 saturated heterocycles. The van der Waals surface area contributed by atoms with Crippen LogP contribution in [0.3, 0.4) is 0 Å². The molecule has 1 rings (SSSR count). The minimum atomic E-state index is -0.142. The van der Waals surface area contributed by atoms with Gasteiger partial charge < -0.3 is 16.0 Å². The van der Waals surface area contributed by atoms with Gasteiger partial charge in [0.05, 0.1) is 0 Å². The van der Waals surface area contributed by atoms with Gasteiger partial charge in [0.1, 0.15) is 10.7 Å². The third-order valence-corrected chi connectivity index (χ3v) is 3.67. The van der Waals surface area contributed by atoms with Crippen LogP contribution in [-0.4, -0.2) is 43.5 Å². The maximum Gasteiger partial charge on any atom is 0.265 e. The molecule has 0 aromatic carbocycles. The summed E-state index contributed by atoms with van der Waals surface area (Å²) in [5, 5.41) is 3.55. The number of nitrogens with one attached hydrogen (secondary N) is 1. The van der Waals surface area contributed by atoms with Crippen molar-refractivity contribution in [1.82, 2.24) is 10.3 Å². The fourth-order valence-electron chi connectivity index (χ4n) is 1.02. The van der Waals surface area contributed by atoms with Gasteiger partial charge in [0.2, 0.25) is 0 Å². The largest absolute Gasteiger partial charge is 0.382 e. The van der Waals surface area contributed by atoms with E-state index < -0.39 is 0 Å². The van der Waals surface area contributed by atoms with Crippen LogP contribution in [0.25, 0.3) is 0 Å². The van der Waals surface area contributed by atoms with Gasteiger partial charge in [-0.3, -0.25) is 4.79 Å². The molecule has 90 valence electrons. The Kier molecular flexibility index (Phi) is 4.88. The molecular formula is C9H16N4OS2. The topological polar surface area (TPSA) is 71.2 Å². The monoisotopic (exact) mass is 260 g/mol. The maximum atomic E-state index is 11.7. The average molecular weight is 260 g/mol. The first-order valence-electron chi connectivity index (χ1n) is 4.77. The van der Waals surface area contributed by atoms with Crippen molar-refractivity contribution in [1.29, 1.82) is 0 Å². The molecule has 0 fully saturated rings. The second-order valence-electron chi connectivity index (χ2n) is 3.35. The highest BCUT2D eigenvalue weighted by molar-refractivity contribution is 7.98. The molecule has 0 unspecified atom stereocenters. The van der Waals surface area contributed by atoms with Crippen molar-refractivity contribution in [3.05, 3.63) is 4.88 Å². The van der Waals surface area contributed by atoms with Crippen molar-refractivity contribution in [2.75, 3.05) is 43.3 Å². The van der Waals surface area contributed by atoms with Gasteiger partial charge >= 0.3 is 0 Å². The molecule has 1 aromatic rings. The molecule has 7 heteroatoms. The number of hydrogen-bond donors (Lipinski definition) is 2. The molecule has 0 radical (unpaired) electrons. The van der Waals surface area contributed by atoms with Crippen LogP contribution in [0.2, 0.25) is 0 Å². The summed E-state index contributed by atoms with van der Waals surface area (Å²) in [5.41, 5.74) is 5.69. The normalized spacial score (nSPS) is 10.2. The Bertz CT molecular complexity index is 364. The summed E-state index contributed by atoms with van der Waals surface area (Å²) < 4.78 is 0. The first-order valence-corrected chi connectivity index (χ1v) is 6.98. The SMILES string of the molecule is CSCCNC(=O)c1sc(N(C)C)nc1N. The molecule has 0 spiro atoms. The van der Waals surface area contributed by atoms with Gasteiger partial charge in [0.15, 0.2) is 5.13 Å². The Labute approximate surface area is 103 Å². The number of anilines is 2. The van der Waals surface area contributed by atoms with Crippen LogP contribution < -0.4 is 16.0 Å². The molecule has 16 heavy (non-hydrogen) atoms. The smallest absolute Gasteiger partial charge is 0.265 e. The zero-order valence-electron chi connectivity index (χ0n) is 9.61. The van der Waals surface area contributed by atoms with Gasteiger partial charge in [-0.25, -0.2) is 4.98 Å². The van der Waals surface area contributed by atoms with E-state index in [4.69, 9.17) is 5.73 Å². The summed E-state index contributed by atoms with van der Waals surface area (Å²) >= 11 is 2.99. The first kappa shape index (κ1) is 13.1. The molecular weight excluding hydrogens is 244 g/mol. The number of thiazole rings is 1. The molecule has 1 heterocycles. The Morgan fingerprint density at radius 3 is 2.81 bits per heavy atom. The van der Waals surface area contributed by atoms with Gasteiger partial charge in [-0.2, -0.15) is 11.8 Å². The zero-order valence-corrected chi connectivity index (χ0v) is 11.2. The molecule has 0 bridgehead atoms. The lowest BCUT2D eigenvalue weighted by Crippen LogP contribution is -2.25. The van der Waals surface area contributed by atoms with Crippen LogP contribution in [0.1, 0.15) is 9.67 Å². The lowest BCUT2D eigenvalue weighted by atomic mass is 10.4. The molecule has 1 aromatic heterocycles. The van der Waals surface area contributed by atoms with Crippen molar-refractivity contribution in [3.63, 3.8) is 0 Å². The molecule has 0 saturated carbocycles. The Morgan fingerprint density at radius 2 is 2.31 bits per heavy atom. The third kappa shape index (κ3) is 3.28. The fourth-order valence-corrected chi connectivity index (χ4v) is 2.15. The van der Waals surface area contributed by atoms with Crippen LogP contribution in [-0.2, 0) is 0 Å². The Balaban J connectivity index is 2.68. The van der Waals surface area contributed by atoms with Gasteiger partial charge in [-0.1, -0.05) is 11.3 Å². The summed E-state index contributed by atoms with van der Waals surface area (Å²) in [6.07, 6.45) is 2.00. The predicted molar refractivity (Wildman–Crippen MR) is 71.6 cm³/mol. The number of nitrogens with two attached hydrogens (primary N) is 1. The predicted octanol–water partition coefficient (Wildman–Crippen LogP) is 0.884. The number of amides is 1. The van der Waals surface area contributed by atoms with Crippen molar-refractivity contribution in [2.45, 2.75) is 0 Å². The highest BCUT2D eigenvalue weighted by Gasteiger charge is 2.16. The lowest BCUT2D eigenvalue weighted by molar-refractivity contribution is 0.0961. The number of nitrogen functional groups attached to an aromatic ring is 1. The highest BCUT2D eigenvalue weighted by Crippen LogP contribution is 2.26. The second-order valence-corrected chi connectivity index (χ2v) is 5.32. The fraction of sp³-hybridized carbons (Fsp3) is 0.556. The number of rotatable bonds is 5. The van der Waals surface area contributed by atoms with Crippen LogP contribution in [0, 0.1) is 0 Å². The number of thioether (sulfide) groups is 1. The van der Waals surface area contributed by atoms with Gasteiger partial charge in [-0.15, -0.1) is 0 Å². The first-order chi connectivity index (χ1) is 7.56. The minimum absolute atomic E-state index is 0.142. The second kappa shape index (κ2) is 5.95. The van der Waals surface area contributed by atoms with Crippen molar-refractivity contribution < 1.29 is 4.79 Å². The number of hydrogen-bond acceptors (Lipinski definition) is 6. The van der Waals surface area contributed by atoms with Gasteiger partial charge in [0, 0.05) is 26.4 Å². The molecule has 0 atom stereocenters. The summed E-state index contributed by atoms with van der Waals surface area (Å²) in [5.74, 6) is 1.05. The summed E-state index contributed by atoms with van der Waals surface area (Å²) in [7, 11) is 3.74. The molecule has 0 aliphatic rings. The standard InChI is InChI=1S/C9H16N4OS2/c1-13(2)9-12-7(10)6(16-9)8(14)11-4-5-15-3/h4-5,10H2,1-3H3,(H,11,14). The minimum Gasteiger partial charge on any atom is -0.382 e. The highest BCUT2D eigenvalue weighted by atomic mass is 32.2. The van der Waals surface area contributed by atoms with E-state index in [0.29, 0.717) is 17.2 Å². The number of carbonyl (C=O) groups excluding carboxylic acids is 1. The summed E-state index contributed by atoms with van der Waals surface area (Å²) in [6.45, 7) is 0.647. The molecule has 0 aliphatic heterocycles. The van der Waals surface area contributed by atoms with E-state index in [-0.39, 0.29) is 5.91 Å². The van der Waals surface area contributed by atoms with E-state index >= 15 is 0 Å².